The molecule has 1 heterocycles. The van der Waals surface area contributed by atoms with Crippen molar-refractivity contribution in [3.05, 3.63) is 76.8 Å². The van der Waals surface area contributed by atoms with Crippen molar-refractivity contribution in [2.45, 2.75) is 26.4 Å². The normalized spacial score (nSPS) is 10.5. The van der Waals surface area contributed by atoms with Crippen molar-refractivity contribution in [2.24, 2.45) is 0 Å². The van der Waals surface area contributed by atoms with Gasteiger partial charge in [0.15, 0.2) is 5.13 Å². The molecule has 0 aliphatic carbocycles. The van der Waals surface area contributed by atoms with Gasteiger partial charge in [-0.3, -0.25) is 19.3 Å². The van der Waals surface area contributed by atoms with E-state index >= 15 is 0 Å². The van der Waals surface area contributed by atoms with E-state index in [9.17, 15) is 23.2 Å². The maximum absolute atomic E-state index is 13.6. The van der Waals surface area contributed by atoms with Gasteiger partial charge in [0.05, 0.1) is 16.9 Å². The summed E-state index contributed by atoms with van der Waals surface area (Å²) >= 11 is 1.26. The minimum absolute atomic E-state index is 0.0345. The zero-order valence-corrected chi connectivity index (χ0v) is 18.5. The van der Waals surface area contributed by atoms with Crippen LogP contribution >= 0.6 is 11.3 Å². The monoisotopic (exact) mass is 473 g/mol. The molecule has 0 aliphatic rings. The van der Waals surface area contributed by atoms with E-state index in [2.05, 4.69) is 10.3 Å². The number of hydrogen-bond donors (Lipinski definition) is 1. The zero-order valence-electron chi connectivity index (χ0n) is 17.7. The fourth-order valence-corrected chi connectivity index (χ4v) is 3.77. The summed E-state index contributed by atoms with van der Waals surface area (Å²) < 4.78 is 31.7. The smallest absolute Gasteiger partial charge is 0.306 e. The Hall–Kier alpha value is -3.66. The van der Waals surface area contributed by atoms with Crippen molar-refractivity contribution >= 4 is 39.9 Å². The van der Waals surface area contributed by atoms with E-state index in [1.54, 1.807) is 17.5 Å². The Morgan fingerprint density at radius 2 is 1.88 bits per heavy atom. The number of anilines is 2. The van der Waals surface area contributed by atoms with Crippen LogP contribution in [0.25, 0.3) is 0 Å². The molecule has 0 bridgehead atoms. The molecule has 1 N–H and O–H groups in total. The predicted molar refractivity (Wildman–Crippen MR) is 119 cm³/mol. The van der Waals surface area contributed by atoms with Gasteiger partial charge in [0.1, 0.15) is 18.2 Å². The van der Waals surface area contributed by atoms with E-state index in [1.807, 2.05) is 18.2 Å². The first-order valence-corrected chi connectivity index (χ1v) is 10.9. The molecule has 10 heteroatoms. The first-order valence-electron chi connectivity index (χ1n) is 10.0. The first kappa shape index (κ1) is 24.0. The van der Waals surface area contributed by atoms with Crippen LogP contribution in [0.4, 0.5) is 19.6 Å². The predicted octanol–water partition coefficient (Wildman–Crippen LogP) is 4.36. The van der Waals surface area contributed by atoms with Crippen molar-refractivity contribution in [1.29, 1.82) is 0 Å². The Balaban J connectivity index is 1.43. The van der Waals surface area contributed by atoms with Crippen molar-refractivity contribution in [2.75, 3.05) is 11.4 Å². The van der Waals surface area contributed by atoms with Crippen LogP contribution in [-0.2, 0) is 20.9 Å². The molecule has 7 nitrogen and oxygen atoms in total. The third kappa shape index (κ3) is 6.66. The molecular formula is C23H21F2N3O4S. The number of thiazole rings is 1. The van der Waals surface area contributed by atoms with E-state index in [0.717, 1.165) is 12.1 Å². The van der Waals surface area contributed by atoms with Crippen molar-refractivity contribution < 1.29 is 27.9 Å². The van der Waals surface area contributed by atoms with Gasteiger partial charge in [-0.05, 0) is 30.7 Å². The Labute approximate surface area is 193 Å². The van der Waals surface area contributed by atoms with Gasteiger partial charge >= 0.3 is 5.97 Å². The minimum Gasteiger partial charge on any atom is -0.459 e. The van der Waals surface area contributed by atoms with Crippen LogP contribution in [0.2, 0.25) is 0 Å². The number of ether oxygens (including phenoxy) is 1. The number of amides is 2. The largest absolute Gasteiger partial charge is 0.459 e. The van der Waals surface area contributed by atoms with E-state index in [4.69, 9.17) is 4.74 Å². The fourth-order valence-electron chi connectivity index (χ4n) is 2.90. The molecule has 0 saturated heterocycles. The molecule has 3 aromatic rings. The lowest BCUT2D eigenvalue weighted by molar-refractivity contribution is -0.145. The maximum Gasteiger partial charge on any atom is 0.306 e. The van der Waals surface area contributed by atoms with Gasteiger partial charge in [-0.1, -0.05) is 18.2 Å². The summed E-state index contributed by atoms with van der Waals surface area (Å²) in [6.07, 6.45) is 0.314. The summed E-state index contributed by atoms with van der Waals surface area (Å²) in [4.78, 5) is 41.8. The summed E-state index contributed by atoms with van der Waals surface area (Å²) in [5, 5.41) is 4.65. The molecule has 0 atom stereocenters. The van der Waals surface area contributed by atoms with Gasteiger partial charge in [0.25, 0.3) is 5.91 Å². The number of nitrogens with zero attached hydrogens (tertiary/aromatic N) is 2. The highest BCUT2D eigenvalue weighted by atomic mass is 32.1. The molecule has 1 aromatic heterocycles. The second-order valence-electron chi connectivity index (χ2n) is 6.96. The average molecular weight is 474 g/mol. The highest BCUT2D eigenvalue weighted by Gasteiger charge is 2.18. The molecule has 3 rings (SSSR count). The quantitative estimate of drug-likeness (QED) is 0.369. The Morgan fingerprint density at radius 3 is 2.58 bits per heavy atom. The molecule has 0 fully saturated rings. The van der Waals surface area contributed by atoms with Gasteiger partial charge in [-0.25, -0.2) is 13.8 Å². The number of nitrogens with one attached hydrogen (secondary N) is 1. The van der Waals surface area contributed by atoms with E-state index in [0.29, 0.717) is 22.6 Å². The molecule has 0 unspecified atom stereocenters. The minimum atomic E-state index is -0.954. The Morgan fingerprint density at radius 1 is 1.12 bits per heavy atom. The highest BCUT2D eigenvalue weighted by molar-refractivity contribution is 7.14. The lowest BCUT2D eigenvalue weighted by Gasteiger charge is -2.17. The van der Waals surface area contributed by atoms with Gasteiger partial charge in [-0.15, -0.1) is 11.3 Å². The highest BCUT2D eigenvalue weighted by Crippen LogP contribution is 2.28. The molecule has 0 radical (unpaired) electrons. The average Bonchev–Trinajstić information content (AvgIpc) is 3.24. The zero-order chi connectivity index (χ0) is 23.8. The van der Waals surface area contributed by atoms with Crippen LogP contribution in [0.15, 0.2) is 53.9 Å². The van der Waals surface area contributed by atoms with Gasteiger partial charge in [-0.2, -0.15) is 0 Å². The summed E-state index contributed by atoms with van der Waals surface area (Å²) in [5.74, 6) is -3.09. The van der Waals surface area contributed by atoms with Gasteiger partial charge in [0, 0.05) is 31.3 Å². The Bertz CT molecular complexity index is 1140. The summed E-state index contributed by atoms with van der Waals surface area (Å²) in [6, 6.07) is 11.8. The summed E-state index contributed by atoms with van der Waals surface area (Å²) in [7, 11) is 0. The Kier molecular flexibility index (Phi) is 8.20. The molecular weight excluding hydrogens is 452 g/mol. The second kappa shape index (κ2) is 11.3. The molecule has 2 amide bonds. The van der Waals surface area contributed by atoms with Crippen LogP contribution in [0.1, 0.15) is 35.8 Å². The van der Waals surface area contributed by atoms with Crippen LogP contribution in [0.5, 0.6) is 0 Å². The van der Waals surface area contributed by atoms with E-state index in [1.165, 1.54) is 23.2 Å². The standard InChI is InChI=1S/C23H21F2N3O4S/c1-15(29)28(18-6-3-2-4-7-18)23-27-17(14-33-23)13-32-21(30)8-5-11-26-22(31)19-10-9-16(24)12-20(19)25/h2-4,6-7,9-10,12,14H,5,8,11,13H2,1H3,(H,26,31). The van der Waals surface area contributed by atoms with Gasteiger partial charge < -0.3 is 10.1 Å². The molecule has 2 aromatic carbocycles. The van der Waals surface area contributed by atoms with E-state index in [-0.39, 0.29) is 37.5 Å². The molecule has 33 heavy (non-hydrogen) atoms. The number of carbonyl (C=O) groups excluding carboxylic acids is 3. The third-order valence-electron chi connectivity index (χ3n) is 4.46. The molecule has 0 aliphatic heterocycles. The van der Waals surface area contributed by atoms with E-state index < -0.39 is 23.5 Å². The number of carbonyl (C=O) groups is 3. The number of esters is 1. The van der Waals surface area contributed by atoms with Crippen LogP contribution < -0.4 is 10.2 Å². The van der Waals surface area contributed by atoms with Crippen molar-refractivity contribution in [3.8, 4) is 0 Å². The second-order valence-corrected chi connectivity index (χ2v) is 7.79. The fraction of sp³-hybridized carbons (Fsp3) is 0.217. The van der Waals surface area contributed by atoms with Crippen molar-refractivity contribution in [3.63, 3.8) is 0 Å². The lowest BCUT2D eigenvalue weighted by Crippen LogP contribution is -2.26. The molecule has 0 saturated carbocycles. The van der Waals surface area contributed by atoms with Gasteiger partial charge in [0.2, 0.25) is 5.91 Å². The van der Waals surface area contributed by atoms with Crippen LogP contribution in [0.3, 0.4) is 0 Å². The number of para-hydroxylation sites is 1. The third-order valence-corrected chi connectivity index (χ3v) is 5.33. The maximum atomic E-state index is 13.6. The summed E-state index contributed by atoms with van der Waals surface area (Å²) in [6.45, 7) is 1.51. The topological polar surface area (TPSA) is 88.6 Å². The molecule has 172 valence electrons. The van der Waals surface area contributed by atoms with Crippen LogP contribution in [0, 0.1) is 11.6 Å². The molecule has 0 spiro atoms. The SMILES string of the molecule is CC(=O)N(c1ccccc1)c1nc(COC(=O)CCCNC(=O)c2ccc(F)cc2F)cs1. The number of benzene rings is 2. The number of halogens is 2. The van der Waals surface area contributed by atoms with Crippen molar-refractivity contribution in [1.82, 2.24) is 10.3 Å². The van der Waals surface area contributed by atoms with Crippen LogP contribution in [-0.4, -0.2) is 29.3 Å². The first-order chi connectivity index (χ1) is 15.8. The lowest BCUT2D eigenvalue weighted by atomic mass is 10.2. The number of aromatic nitrogens is 1. The number of rotatable bonds is 9. The number of hydrogen-bond acceptors (Lipinski definition) is 6. The summed E-state index contributed by atoms with van der Waals surface area (Å²) in [5.41, 5.74) is 0.921.